The number of amides is 1. The maximum atomic E-state index is 12.5. The molecule has 1 aromatic carbocycles. The average molecular weight is 415 g/mol. The van der Waals surface area contributed by atoms with E-state index in [1.54, 1.807) is 18.4 Å². The summed E-state index contributed by atoms with van der Waals surface area (Å²) in [6.45, 7) is 4.18. The van der Waals surface area contributed by atoms with Crippen LogP contribution in [0.4, 0.5) is 0 Å². The molecule has 0 unspecified atom stereocenters. The number of nitrogens with one attached hydrogen (secondary N) is 1. The second kappa shape index (κ2) is 9.28. The minimum absolute atomic E-state index is 0.0915. The van der Waals surface area contributed by atoms with Gasteiger partial charge in [0.2, 0.25) is 5.91 Å². The number of hydrogen-bond donors (Lipinski definition) is 1. The van der Waals surface area contributed by atoms with Crippen molar-refractivity contribution in [3.05, 3.63) is 52.2 Å². The molecule has 1 amide bonds. The lowest BCUT2D eigenvalue weighted by Crippen LogP contribution is -2.50. The standard InChI is InChI=1S/C23H30N2O3S/c1-27-12-9-24-22(26)14-19-15-23(28-21-5-3-2-4-20(19)21)7-10-25(11-8-23)16-18-6-13-29-17-18/h2-6,13,17,19H,7-12,14-16H2,1H3,(H,24,26)/t19-/m0/s1. The van der Waals surface area contributed by atoms with Crippen LogP contribution in [0.25, 0.3) is 0 Å². The third-order valence-corrected chi connectivity index (χ3v) is 6.85. The topological polar surface area (TPSA) is 50.8 Å². The summed E-state index contributed by atoms with van der Waals surface area (Å²) < 4.78 is 11.6. The zero-order valence-corrected chi connectivity index (χ0v) is 17.9. The van der Waals surface area contributed by atoms with Crippen molar-refractivity contribution < 1.29 is 14.3 Å². The van der Waals surface area contributed by atoms with Crippen LogP contribution in [0.2, 0.25) is 0 Å². The van der Waals surface area contributed by atoms with Gasteiger partial charge >= 0.3 is 0 Å². The fourth-order valence-electron chi connectivity index (χ4n) is 4.58. The maximum absolute atomic E-state index is 12.5. The molecule has 156 valence electrons. The number of hydrogen-bond acceptors (Lipinski definition) is 5. The van der Waals surface area contributed by atoms with Crippen molar-refractivity contribution in [2.24, 2.45) is 0 Å². The molecule has 0 radical (unpaired) electrons. The highest BCUT2D eigenvalue weighted by molar-refractivity contribution is 7.07. The minimum atomic E-state index is -0.156. The van der Waals surface area contributed by atoms with E-state index in [9.17, 15) is 4.79 Å². The SMILES string of the molecule is COCCNC(=O)C[C@H]1CC2(CCN(Cc3ccsc3)CC2)Oc2ccccc21. The van der Waals surface area contributed by atoms with E-state index >= 15 is 0 Å². The van der Waals surface area contributed by atoms with Crippen LogP contribution in [0.3, 0.4) is 0 Å². The fraction of sp³-hybridized carbons (Fsp3) is 0.522. The molecule has 0 saturated carbocycles. The first-order chi connectivity index (χ1) is 14.2. The van der Waals surface area contributed by atoms with Gasteiger partial charge in [-0.25, -0.2) is 0 Å². The molecule has 0 aliphatic carbocycles. The van der Waals surface area contributed by atoms with E-state index < -0.39 is 0 Å². The van der Waals surface area contributed by atoms with Gasteiger partial charge in [0.1, 0.15) is 11.4 Å². The van der Waals surface area contributed by atoms with Crippen LogP contribution in [0.5, 0.6) is 5.75 Å². The lowest BCUT2D eigenvalue weighted by molar-refractivity contribution is -0.122. The first-order valence-corrected chi connectivity index (χ1v) is 11.4. The predicted molar refractivity (Wildman–Crippen MR) is 115 cm³/mol. The number of piperidine rings is 1. The molecule has 1 aromatic heterocycles. The van der Waals surface area contributed by atoms with Gasteiger partial charge in [0.25, 0.3) is 0 Å². The number of methoxy groups -OCH3 is 1. The molecule has 4 rings (SSSR count). The van der Waals surface area contributed by atoms with Gasteiger partial charge in [0.05, 0.1) is 6.61 Å². The van der Waals surface area contributed by atoms with Gasteiger partial charge in [0.15, 0.2) is 0 Å². The molecule has 2 aliphatic heterocycles. The molecule has 6 heteroatoms. The van der Waals surface area contributed by atoms with E-state index in [4.69, 9.17) is 9.47 Å². The van der Waals surface area contributed by atoms with Crippen LogP contribution in [0, 0.1) is 0 Å². The Labute approximate surface area is 177 Å². The molecule has 2 aliphatic rings. The Morgan fingerprint density at radius 2 is 2.14 bits per heavy atom. The first-order valence-electron chi connectivity index (χ1n) is 10.4. The summed E-state index contributed by atoms with van der Waals surface area (Å²) in [7, 11) is 1.65. The van der Waals surface area contributed by atoms with Crippen LogP contribution in [0.1, 0.15) is 42.7 Å². The zero-order chi connectivity index (χ0) is 20.1. The Morgan fingerprint density at radius 3 is 2.90 bits per heavy atom. The van der Waals surface area contributed by atoms with Gasteiger partial charge < -0.3 is 14.8 Å². The van der Waals surface area contributed by atoms with Crippen LogP contribution >= 0.6 is 11.3 Å². The second-order valence-electron chi connectivity index (χ2n) is 8.18. The van der Waals surface area contributed by atoms with Crippen LogP contribution < -0.4 is 10.1 Å². The van der Waals surface area contributed by atoms with Gasteiger partial charge in [-0.2, -0.15) is 11.3 Å². The summed E-state index contributed by atoms with van der Waals surface area (Å²) >= 11 is 1.76. The maximum Gasteiger partial charge on any atom is 0.220 e. The largest absolute Gasteiger partial charge is 0.487 e. The van der Waals surface area contributed by atoms with Gasteiger partial charge in [-0.15, -0.1) is 0 Å². The van der Waals surface area contributed by atoms with E-state index in [0.29, 0.717) is 19.6 Å². The van der Waals surface area contributed by atoms with Gasteiger partial charge in [-0.3, -0.25) is 9.69 Å². The van der Waals surface area contributed by atoms with Crippen molar-refractivity contribution in [3.63, 3.8) is 0 Å². The summed E-state index contributed by atoms with van der Waals surface area (Å²) in [5, 5.41) is 7.35. The van der Waals surface area contributed by atoms with E-state index in [2.05, 4.69) is 39.2 Å². The smallest absolute Gasteiger partial charge is 0.220 e. The number of carbonyl (C=O) groups is 1. The molecule has 1 atom stereocenters. The van der Waals surface area contributed by atoms with E-state index in [-0.39, 0.29) is 17.4 Å². The molecule has 1 fully saturated rings. The number of carbonyl (C=O) groups excluding carboxylic acids is 1. The Hall–Kier alpha value is -1.89. The van der Waals surface area contributed by atoms with Gasteiger partial charge in [-0.05, 0) is 53.3 Å². The highest BCUT2D eigenvalue weighted by atomic mass is 32.1. The molecule has 0 bridgehead atoms. The van der Waals surface area contributed by atoms with E-state index in [0.717, 1.165) is 44.6 Å². The number of rotatable bonds is 7. The summed E-state index contributed by atoms with van der Waals surface area (Å²) in [5.74, 6) is 1.25. The molecular formula is C23H30N2O3S. The summed E-state index contributed by atoms with van der Waals surface area (Å²) in [5.41, 5.74) is 2.41. The first kappa shape index (κ1) is 20.4. The number of thiophene rings is 1. The van der Waals surface area contributed by atoms with Crippen molar-refractivity contribution in [2.45, 2.75) is 43.7 Å². The molecule has 1 spiro atoms. The number of benzene rings is 1. The Kier molecular flexibility index (Phi) is 6.53. The van der Waals surface area contributed by atoms with Crippen molar-refractivity contribution in [1.29, 1.82) is 0 Å². The molecule has 3 heterocycles. The van der Waals surface area contributed by atoms with Gasteiger partial charge in [-0.1, -0.05) is 18.2 Å². The van der Waals surface area contributed by atoms with Crippen LogP contribution in [-0.2, 0) is 16.1 Å². The molecule has 2 aromatic rings. The number of nitrogens with zero attached hydrogens (tertiary/aromatic N) is 1. The Bertz CT molecular complexity index is 800. The lowest BCUT2D eigenvalue weighted by atomic mass is 9.76. The molecule has 1 saturated heterocycles. The van der Waals surface area contributed by atoms with Crippen molar-refractivity contribution in [2.75, 3.05) is 33.4 Å². The summed E-state index contributed by atoms with van der Waals surface area (Å²) in [4.78, 5) is 15.0. The normalized spacial score (nSPS) is 20.8. The minimum Gasteiger partial charge on any atom is -0.487 e. The number of fused-ring (bicyclic) bond motifs is 1. The van der Waals surface area contributed by atoms with Crippen LogP contribution in [0.15, 0.2) is 41.1 Å². The fourth-order valence-corrected chi connectivity index (χ4v) is 5.24. The Balaban J connectivity index is 1.42. The average Bonchev–Trinajstić information content (AvgIpc) is 3.23. The Morgan fingerprint density at radius 1 is 1.31 bits per heavy atom. The van der Waals surface area contributed by atoms with Crippen molar-refractivity contribution >= 4 is 17.2 Å². The van der Waals surface area contributed by atoms with Gasteiger partial charge in [0, 0.05) is 45.6 Å². The van der Waals surface area contributed by atoms with E-state index in [1.807, 2.05) is 12.1 Å². The van der Waals surface area contributed by atoms with Crippen molar-refractivity contribution in [3.8, 4) is 5.75 Å². The molecule has 5 nitrogen and oxygen atoms in total. The lowest BCUT2D eigenvalue weighted by Gasteiger charge is -2.47. The summed E-state index contributed by atoms with van der Waals surface area (Å²) in [6.07, 6.45) is 3.43. The highest BCUT2D eigenvalue weighted by Crippen LogP contribution is 2.46. The molecule has 29 heavy (non-hydrogen) atoms. The quantitative estimate of drug-likeness (QED) is 0.700. The number of para-hydroxylation sites is 1. The third-order valence-electron chi connectivity index (χ3n) is 6.12. The van der Waals surface area contributed by atoms with Crippen molar-refractivity contribution in [1.82, 2.24) is 10.2 Å². The second-order valence-corrected chi connectivity index (χ2v) is 8.96. The monoisotopic (exact) mass is 414 g/mol. The van der Waals surface area contributed by atoms with Crippen LogP contribution in [-0.4, -0.2) is 49.8 Å². The zero-order valence-electron chi connectivity index (χ0n) is 17.1. The third kappa shape index (κ3) is 5.00. The number of ether oxygens (including phenoxy) is 2. The summed E-state index contributed by atoms with van der Waals surface area (Å²) in [6, 6.07) is 10.4. The van der Waals surface area contributed by atoms with E-state index in [1.165, 1.54) is 11.1 Å². The molecular weight excluding hydrogens is 384 g/mol. The molecule has 1 N–H and O–H groups in total. The number of likely N-dealkylation sites (tertiary alicyclic amines) is 1. The predicted octanol–water partition coefficient (Wildman–Crippen LogP) is 3.80. The highest BCUT2D eigenvalue weighted by Gasteiger charge is 2.43.